The van der Waals surface area contributed by atoms with Crippen LogP contribution in [0.5, 0.6) is 5.75 Å². The molecule has 0 aliphatic carbocycles. The molecular formula is C35H42N2O7. The number of amides is 2. The van der Waals surface area contributed by atoms with Crippen molar-refractivity contribution >= 4 is 23.5 Å². The van der Waals surface area contributed by atoms with E-state index < -0.39 is 41.1 Å². The van der Waals surface area contributed by atoms with Crippen molar-refractivity contribution in [2.75, 3.05) is 31.8 Å². The molecule has 9 heteroatoms. The summed E-state index contributed by atoms with van der Waals surface area (Å²) in [4.78, 5) is 46.4. The number of hydrogen-bond donors (Lipinski definition) is 1. The number of esters is 1. The molecule has 3 heterocycles. The van der Waals surface area contributed by atoms with Crippen LogP contribution in [-0.2, 0) is 30.3 Å². The van der Waals surface area contributed by atoms with Crippen LogP contribution in [0.3, 0.4) is 0 Å². The molecule has 0 aromatic heterocycles. The van der Waals surface area contributed by atoms with E-state index in [4.69, 9.17) is 14.2 Å². The Kier molecular flexibility index (Phi) is 9.27. The molecule has 1 spiro atoms. The topological polar surface area (TPSA) is 106 Å². The SMILES string of the molecule is C=CCCOC(=O)[C@H]1[C@H]2C(=O)N([C@@H](CO)Cc3ccccc3)C(C(=O)N(CC=C)c3ccc(OC)cc3)C23CC[C@]1(CC)O3. The van der Waals surface area contributed by atoms with Crippen LogP contribution in [0.15, 0.2) is 79.9 Å². The van der Waals surface area contributed by atoms with Gasteiger partial charge >= 0.3 is 5.97 Å². The van der Waals surface area contributed by atoms with Gasteiger partial charge in [-0.1, -0.05) is 49.4 Å². The number of aliphatic hydroxyl groups excluding tert-OH is 1. The number of carbonyl (C=O) groups is 3. The number of benzene rings is 2. The number of methoxy groups -OCH3 is 1. The Balaban J connectivity index is 1.61. The van der Waals surface area contributed by atoms with Crippen LogP contribution in [-0.4, -0.2) is 77.9 Å². The molecule has 2 amide bonds. The van der Waals surface area contributed by atoms with E-state index in [-0.39, 0.29) is 31.6 Å². The van der Waals surface area contributed by atoms with E-state index in [9.17, 15) is 19.5 Å². The summed E-state index contributed by atoms with van der Waals surface area (Å²) in [7, 11) is 1.57. The first-order chi connectivity index (χ1) is 21.3. The van der Waals surface area contributed by atoms with Gasteiger partial charge in [-0.15, -0.1) is 13.2 Å². The molecule has 5 rings (SSSR count). The maximum Gasteiger partial charge on any atom is 0.312 e. The Morgan fingerprint density at radius 3 is 2.48 bits per heavy atom. The Bertz CT molecular complexity index is 1380. The zero-order valence-corrected chi connectivity index (χ0v) is 25.5. The molecule has 0 saturated carbocycles. The maximum atomic E-state index is 14.9. The lowest BCUT2D eigenvalue weighted by molar-refractivity contribution is -0.162. The van der Waals surface area contributed by atoms with E-state index in [2.05, 4.69) is 13.2 Å². The van der Waals surface area contributed by atoms with Gasteiger partial charge in [0.15, 0.2) is 0 Å². The number of carbonyl (C=O) groups excluding carboxylic acids is 3. The van der Waals surface area contributed by atoms with Gasteiger partial charge in [0.25, 0.3) is 5.91 Å². The lowest BCUT2D eigenvalue weighted by Gasteiger charge is -2.39. The van der Waals surface area contributed by atoms with Gasteiger partial charge < -0.3 is 29.1 Å². The molecule has 2 aromatic carbocycles. The van der Waals surface area contributed by atoms with Crippen LogP contribution >= 0.6 is 0 Å². The van der Waals surface area contributed by atoms with Gasteiger partial charge in [-0.05, 0) is 61.9 Å². The molecular weight excluding hydrogens is 560 g/mol. The Labute approximate surface area is 259 Å². The van der Waals surface area contributed by atoms with E-state index in [1.165, 1.54) is 4.90 Å². The van der Waals surface area contributed by atoms with Gasteiger partial charge in [0.1, 0.15) is 23.3 Å². The van der Waals surface area contributed by atoms with Crippen LogP contribution in [0.1, 0.15) is 38.2 Å². The van der Waals surface area contributed by atoms with Crippen molar-refractivity contribution in [2.24, 2.45) is 11.8 Å². The summed E-state index contributed by atoms with van der Waals surface area (Å²) in [5.41, 5.74) is -0.672. The quantitative estimate of drug-likeness (QED) is 0.197. The third kappa shape index (κ3) is 5.22. The van der Waals surface area contributed by atoms with Gasteiger partial charge in [-0.2, -0.15) is 0 Å². The fourth-order valence-electron chi connectivity index (χ4n) is 7.52. The third-order valence-corrected chi connectivity index (χ3v) is 9.55. The highest BCUT2D eigenvalue weighted by Crippen LogP contribution is 2.65. The summed E-state index contributed by atoms with van der Waals surface area (Å²) in [5.74, 6) is -2.38. The minimum Gasteiger partial charge on any atom is -0.497 e. The second-order valence-corrected chi connectivity index (χ2v) is 11.8. The van der Waals surface area contributed by atoms with Crippen LogP contribution < -0.4 is 9.64 Å². The van der Waals surface area contributed by atoms with E-state index in [1.807, 2.05) is 37.3 Å². The van der Waals surface area contributed by atoms with Crippen LogP contribution in [0.25, 0.3) is 0 Å². The smallest absolute Gasteiger partial charge is 0.312 e. The molecule has 2 aromatic rings. The molecule has 3 saturated heterocycles. The average Bonchev–Trinajstić information content (AvgIpc) is 3.66. The number of aliphatic hydroxyl groups is 1. The monoisotopic (exact) mass is 602 g/mol. The van der Waals surface area contributed by atoms with E-state index in [1.54, 1.807) is 48.4 Å². The summed E-state index contributed by atoms with van der Waals surface area (Å²) in [6.07, 6.45) is 5.54. The highest BCUT2D eigenvalue weighted by Gasteiger charge is 2.79. The van der Waals surface area contributed by atoms with Gasteiger partial charge in [0.05, 0.1) is 37.9 Å². The number of fused-ring (bicyclic) bond motifs is 1. The van der Waals surface area contributed by atoms with Crippen molar-refractivity contribution in [2.45, 2.75) is 62.3 Å². The van der Waals surface area contributed by atoms with E-state index in [0.717, 1.165) is 5.56 Å². The number of hydrogen-bond acceptors (Lipinski definition) is 7. The van der Waals surface area contributed by atoms with Crippen molar-refractivity contribution in [3.05, 3.63) is 85.5 Å². The number of anilines is 1. The van der Waals surface area contributed by atoms with Gasteiger partial charge in [-0.25, -0.2) is 0 Å². The summed E-state index contributed by atoms with van der Waals surface area (Å²) < 4.78 is 17.9. The van der Waals surface area contributed by atoms with Gasteiger partial charge in [0, 0.05) is 12.2 Å². The first-order valence-electron chi connectivity index (χ1n) is 15.3. The molecule has 3 aliphatic rings. The maximum absolute atomic E-state index is 14.9. The number of likely N-dealkylation sites (tertiary alicyclic amines) is 1. The Hall–Kier alpha value is -3.95. The van der Waals surface area contributed by atoms with Crippen molar-refractivity contribution in [3.63, 3.8) is 0 Å². The molecule has 9 nitrogen and oxygen atoms in total. The lowest BCUT2D eigenvalue weighted by atomic mass is 9.65. The van der Waals surface area contributed by atoms with Crippen molar-refractivity contribution < 1.29 is 33.7 Å². The highest BCUT2D eigenvalue weighted by molar-refractivity contribution is 6.05. The van der Waals surface area contributed by atoms with Crippen molar-refractivity contribution in [3.8, 4) is 5.75 Å². The predicted molar refractivity (Wildman–Crippen MR) is 166 cm³/mol. The summed E-state index contributed by atoms with van der Waals surface area (Å²) >= 11 is 0. The van der Waals surface area contributed by atoms with Crippen LogP contribution in [0, 0.1) is 11.8 Å². The van der Waals surface area contributed by atoms with Gasteiger partial charge in [0.2, 0.25) is 5.91 Å². The van der Waals surface area contributed by atoms with Crippen LogP contribution in [0.4, 0.5) is 5.69 Å². The summed E-state index contributed by atoms with van der Waals surface area (Å²) in [5, 5.41) is 10.7. The van der Waals surface area contributed by atoms with Gasteiger partial charge in [-0.3, -0.25) is 14.4 Å². The van der Waals surface area contributed by atoms with Crippen molar-refractivity contribution in [1.29, 1.82) is 0 Å². The fourth-order valence-corrected chi connectivity index (χ4v) is 7.52. The zero-order chi connectivity index (χ0) is 31.5. The standard InChI is InChI=1S/C35H42N2O7/c1-5-8-21-43-33(41)29-28-31(39)37(26(23-38)22-24-12-10-9-11-13-24)30(35(28)19-18-34(29,7-3)44-35)32(40)36(20-6-2)25-14-16-27(42-4)17-15-25/h5-6,9-17,26,28-30,38H,1-2,7-8,18-23H2,3-4H3/t26-,28+,29-,30?,34+,35?/m1/s1. The molecule has 234 valence electrons. The van der Waals surface area contributed by atoms with E-state index in [0.29, 0.717) is 43.5 Å². The molecule has 2 unspecified atom stereocenters. The minimum atomic E-state index is -1.26. The third-order valence-electron chi connectivity index (χ3n) is 9.55. The Morgan fingerprint density at radius 1 is 1.14 bits per heavy atom. The lowest BCUT2D eigenvalue weighted by Crippen LogP contribution is -2.59. The molecule has 3 aliphatic heterocycles. The second kappa shape index (κ2) is 13.0. The van der Waals surface area contributed by atoms with Crippen molar-refractivity contribution in [1.82, 2.24) is 4.90 Å². The Morgan fingerprint density at radius 2 is 1.86 bits per heavy atom. The van der Waals surface area contributed by atoms with E-state index >= 15 is 0 Å². The first-order valence-corrected chi connectivity index (χ1v) is 15.3. The number of rotatable bonds is 14. The number of ether oxygens (including phenoxy) is 3. The largest absolute Gasteiger partial charge is 0.497 e. The molecule has 2 bridgehead atoms. The second-order valence-electron chi connectivity index (χ2n) is 11.8. The molecule has 6 atom stereocenters. The fraction of sp³-hybridized carbons (Fsp3) is 0.457. The molecule has 3 fully saturated rings. The first kappa shape index (κ1) is 31.5. The highest BCUT2D eigenvalue weighted by atomic mass is 16.6. The summed E-state index contributed by atoms with van der Waals surface area (Å²) in [6.45, 7) is 9.48. The molecule has 1 N–H and O–H groups in total. The summed E-state index contributed by atoms with van der Waals surface area (Å²) in [6, 6.07) is 14.8. The minimum absolute atomic E-state index is 0.149. The molecule has 0 radical (unpaired) electrons. The molecule has 44 heavy (non-hydrogen) atoms. The normalized spacial score (nSPS) is 27.5. The predicted octanol–water partition coefficient (Wildman–Crippen LogP) is 4.09. The van der Waals surface area contributed by atoms with Crippen LogP contribution in [0.2, 0.25) is 0 Å². The average molecular weight is 603 g/mol. The number of nitrogens with zero attached hydrogens (tertiary/aromatic N) is 2. The zero-order valence-electron chi connectivity index (χ0n) is 25.5.